The summed E-state index contributed by atoms with van der Waals surface area (Å²) in [5.41, 5.74) is 4.89. The van der Waals surface area contributed by atoms with E-state index < -0.39 is 0 Å². The van der Waals surface area contributed by atoms with Crippen molar-refractivity contribution in [3.63, 3.8) is 0 Å². The number of rotatable bonds is 1. The molecule has 0 aromatic rings. The van der Waals surface area contributed by atoms with Crippen LogP contribution in [0, 0.1) is 7.05 Å². The molecule has 1 saturated heterocycles. The van der Waals surface area contributed by atoms with Gasteiger partial charge in [0, 0.05) is 13.1 Å². The maximum absolute atomic E-state index is 4.89. The van der Waals surface area contributed by atoms with Crippen molar-refractivity contribution in [1.29, 1.82) is 0 Å². The average molecular weight is 183 g/mol. The zero-order valence-electron chi connectivity index (χ0n) is 8.50. The van der Waals surface area contributed by atoms with Crippen LogP contribution in [0.2, 0.25) is 0 Å². The second kappa shape index (κ2) is 7.83. The van der Waals surface area contributed by atoms with E-state index in [2.05, 4.69) is 25.6 Å². The molecule has 0 unspecified atom stereocenters. The van der Waals surface area contributed by atoms with E-state index in [1.807, 2.05) is 0 Å². The van der Waals surface area contributed by atoms with Gasteiger partial charge in [-0.2, -0.15) is 7.05 Å². The maximum atomic E-state index is 4.89. The molecule has 0 bridgehead atoms. The van der Waals surface area contributed by atoms with Crippen LogP contribution in [0.1, 0.15) is 0 Å². The second-order valence-electron chi connectivity index (χ2n) is 3.17. The SMILES string of the molecule is C=C/C=C\N.[CH2-][NH+]1CCN(C)CC1. The fourth-order valence-electron chi connectivity index (χ4n) is 1.01. The summed E-state index contributed by atoms with van der Waals surface area (Å²) in [5.74, 6) is 0. The molecule has 0 radical (unpaired) electrons. The molecule has 0 saturated carbocycles. The fraction of sp³-hybridized carbons (Fsp3) is 0.500. The molecule has 1 fully saturated rings. The smallest absolute Gasteiger partial charge is 0.0660 e. The quantitative estimate of drug-likeness (QED) is 0.414. The lowest BCUT2D eigenvalue weighted by molar-refractivity contribution is -0.858. The van der Waals surface area contributed by atoms with Crippen LogP contribution in [-0.4, -0.2) is 38.1 Å². The van der Waals surface area contributed by atoms with E-state index in [9.17, 15) is 0 Å². The van der Waals surface area contributed by atoms with Gasteiger partial charge in [0.1, 0.15) is 0 Å². The number of allylic oxidation sites excluding steroid dienone is 2. The summed E-state index contributed by atoms with van der Waals surface area (Å²) in [7, 11) is 6.08. The predicted molar refractivity (Wildman–Crippen MR) is 57.1 cm³/mol. The Morgan fingerprint density at radius 1 is 1.46 bits per heavy atom. The van der Waals surface area contributed by atoms with E-state index in [0.717, 1.165) is 0 Å². The van der Waals surface area contributed by atoms with Crippen LogP contribution >= 0.6 is 0 Å². The van der Waals surface area contributed by atoms with Gasteiger partial charge < -0.3 is 10.6 Å². The highest BCUT2D eigenvalue weighted by Gasteiger charge is 2.07. The molecular weight excluding hydrogens is 162 g/mol. The Morgan fingerprint density at radius 2 is 2.00 bits per heavy atom. The number of piperazine rings is 1. The highest BCUT2D eigenvalue weighted by Crippen LogP contribution is 1.79. The van der Waals surface area contributed by atoms with Crippen molar-refractivity contribution in [3.05, 3.63) is 32.0 Å². The van der Waals surface area contributed by atoms with Crippen molar-refractivity contribution < 1.29 is 4.90 Å². The van der Waals surface area contributed by atoms with Crippen molar-refractivity contribution in [2.24, 2.45) is 5.73 Å². The third kappa shape index (κ3) is 7.56. The molecule has 0 spiro atoms. The highest BCUT2D eigenvalue weighted by molar-refractivity contribution is 4.93. The molecule has 3 nitrogen and oxygen atoms in total. The van der Waals surface area contributed by atoms with Gasteiger partial charge in [0.15, 0.2) is 0 Å². The first-order valence-electron chi connectivity index (χ1n) is 4.55. The standard InChI is InChI=1S/C6H14N2.C4H7N/c1-7-3-5-8(2)6-4-7;1-2-3-4-5/h7H,1,3-6H2,2H3;2-4H,1,5H2/b;4-3-. The molecule has 1 rings (SSSR count). The van der Waals surface area contributed by atoms with Gasteiger partial charge in [-0.1, -0.05) is 12.7 Å². The Labute approximate surface area is 81.5 Å². The van der Waals surface area contributed by atoms with E-state index in [1.165, 1.54) is 37.3 Å². The van der Waals surface area contributed by atoms with Crippen molar-refractivity contribution in [3.8, 4) is 0 Å². The van der Waals surface area contributed by atoms with Gasteiger partial charge in [0.2, 0.25) is 0 Å². The predicted octanol–water partition coefficient (Wildman–Crippen LogP) is -0.747. The van der Waals surface area contributed by atoms with Crippen molar-refractivity contribution in [1.82, 2.24) is 4.90 Å². The van der Waals surface area contributed by atoms with Crippen LogP contribution in [0.3, 0.4) is 0 Å². The van der Waals surface area contributed by atoms with Gasteiger partial charge in [0.05, 0.1) is 13.1 Å². The van der Waals surface area contributed by atoms with E-state index in [1.54, 1.807) is 12.2 Å². The van der Waals surface area contributed by atoms with Crippen molar-refractivity contribution in [2.75, 3.05) is 33.2 Å². The van der Waals surface area contributed by atoms with Crippen LogP contribution in [0.15, 0.2) is 24.9 Å². The molecule has 3 N–H and O–H groups in total. The molecule has 1 aliphatic rings. The Kier molecular flexibility index (Phi) is 7.35. The van der Waals surface area contributed by atoms with Crippen molar-refractivity contribution >= 4 is 0 Å². The topological polar surface area (TPSA) is 33.7 Å². The number of quaternary nitrogens is 1. The highest BCUT2D eigenvalue weighted by atomic mass is 15.2. The van der Waals surface area contributed by atoms with E-state index >= 15 is 0 Å². The number of hydrogen-bond acceptors (Lipinski definition) is 2. The first-order chi connectivity index (χ1) is 6.20. The zero-order chi connectivity index (χ0) is 10.1. The molecule has 1 heterocycles. The number of hydrogen-bond donors (Lipinski definition) is 2. The van der Waals surface area contributed by atoms with Crippen molar-refractivity contribution in [2.45, 2.75) is 0 Å². The number of likely N-dealkylation sites (N-methyl/N-ethyl adjacent to an activating group) is 1. The minimum absolute atomic E-state index is 1.20. The summed E-state index contributed by atoms with van der Waals surface area (Å²) in [6, 6.07) is 0. The normalized spacial score (nSPS) is 19.5. The Hall–Kier alpha value is -0.800. The molecule has 1 aliphatic heterocycles. The van der Waals surface area contributed by atoms with Gasteiger partial charge in [-0.3, -0.25) is 4.90 Å². The van der Waals surface area contributed by atoms with Crippen LogP contribution in [0.25, 0.3) is 0 Å². The number of nitrogens with zero attached hydrogens (tertiary/aromatic N) is 1. The molecule has 13 heavy (non-hydrogen) atoms. The average Bonchev–Trinajstić information content (AvgIpc) is 2.13. The van der Waals surface area contributed by atoms with Gasteiger partial charge in [-0.05, 0) is 19.3 Å². The lowest BCUT2D eigenvalue weighted by atomic mass is 10.4. The first-order valence-corrected chi connectivity index (χ1v) is 4.55. The number of nitrogens with one attached hydrogen (secondary N) is 1. The molecule has 3 heteroatoms. The summed E-state index contributed by atoms with van der Waals surface area (Å²) >= 11 is 0. The first kappa shape index (κ1) is 12.2. The van der Waals surface area contributed by atoms with Gasteiger partial charge >= 0.3 is 0 Å². The maximum Gasteiger partial charge on any atom is 0.0660 e. The summed E-state index contributed by atoms with van der Waals surface area (Å²) < 4.78 is 0. The monoisotopic (exact) mass is 183 g/mol. The Bertz CT molecular complexity index is 136. The third-order valence-electron chi connectivity index (χ3n) is 1.94. The van der Waals surface area contributed by atoms with E-state index in [0.29, 0.717) is 0 Å². The molecule has 0 aromatic carbocycles. The summed E-state index contributed by atoms with van der Waals surface area (Å²) in [6.07, 6.45) is 4.73. The summed E-state index contributed by atoms with van der Waals surface area (Å²) in [6.45, 7) is 8.21. The van der Waals surface area contributed by atoms with Gasteiger partial charge in [-0.25, -0.2) is 0 Å². The third-order valence-corrected chi connectivity index (χ3v) is 1.94. The Morgan fingerprint density at radius 3 is 2.23 bits per heavy atom. The molecule has 0 aromatic heterocycles. The largest absolute Gasteiger partial charge is 0.466 e. The minimum atomic E-state index is 1.20. The Balaban J connectivity index is 0.000000252. The van der Waals surface area contributed by atoms with E-state index in [-0.39, 0.29) is 0 Å². The second-order valence-corrected chi connectivity index (χ2v) is 3.17. The molecule has 0 aliphatic carbocycles. The summed E-state index contributed by atoms with van der Waals surface area (Å²) in [4.78, 5) is 3.76. The van der Waals surface area contributed by atoms with Crippen LogP contribution in [0.4, 0.5) is 0 Å². The fourth-order valence-corrected chi connectivity index (χ4v) is 1.01. The van der Waals surface area contributed by atoms with Crippen LogP contribution in [0.5, 0.6) is 0 Å². The molecular formula is C10H21N3. The van der Waals surface area contributed by atoms with E-state index in [4.69, 9.17) is 5.73 Å². The van der Waals surface area contributed by atoms with Crippen LogP contribution in [-0.2, 0) is 0 Å². The lowest BCUT2D eigenvalue weighted by Crippen LogP contribution is -3.09. The zero-order valence-corrected chi connectivity index (χ0v) is 8.50. The molecule has 0 amide bonds. The minimum Gasteiger partial charge on any atom is -0.466 e. The van der Waals surface area contributed by atoms with Crippen LogP contribution < -0.4 is 10.6 Å². The molecule has 0 atom stereocenters. The number of nitrogens with two attached hydrogens (primary N) is 1. The lowest BCUT2D eigenvalue weighted by Gasteiger charge is -2.31. The van der Waals surface area contributed by atoms with Gasteiger partial charge in [-0.15, -0.1) is 0 Å². The summed E-state index contributed by atoms with van der Waals surface area (Å²) in [5, 5.41) is 0. The van der Waals surface area contributed by atoms with Gasteiger partial charge in [0.25, 0.3) is 0 Å². The molecule has 76 valence electrons.